The zero-order valence-corrected chi connectivity index (χ0v) is 9.74. The molecule has 0 N–H and O–H groups in total. The van der Waals surface area contributed by atoms with Crippen LogP contribution in [0.1, 0.15) is 12.5 Å². The van der Waals surface area contributed by atoms with Crippen LogP contribution in [0.5, 0.6) is 0 Å². The van der Waals surface area contributed by atoms with Crippen molar-refractivity contribution >= 4 is 23.4 Å². The Labute approximate surface area is 99.4 Å². The number of ketones is 1. The summed E-state index contributed by atoms with van der Waals surface area (Å²) in [5.41, 5.74) is 0.917. The lowest BCUT2D eigenvalue weighted by Crippen LogP contribution is -2.27. The van der Waals surface area contributed by atoms with Gasteiger partial charge in [-0.3, -0.25) is 4.79 Å². The van der Waals surface area contributed by atoms with E-state index in [1.165, 1.54) is 0 Å². The van der Waals surface area contributed by atoms with Crippen LogP contribution < -0.4 is 0 Å². The molecule has 0 fully saturated rings. The Kier molecular flexibility index (Phi) is 4.99. The van der Waals surface area contributed by atoms with Crippen LogP contribution in [0.4, 0.5) is 0 Å². The minimum atomic E-state index is -0.863. The Morgan fingerprint density at radius 3 is 2.50 bits per heavy atom. The number of carbonyl (C=O) groups excluding carboxylic acids is 2. The summed E-state index contributed by atoms with van der Waals surface area (Å²) in [6, 6.07) is 9.29. The molecule has 0 saturated carbocycles. The Balaban J connectivity index is 2.55. The zero-order valence-electron chi connectivity index (χ0n) is 8.98. The maximum absolute atomic E-state index is 11.4. The first-order valence-corrected chi connectivity index (χ1v) is 5.47. The number of carbonyl (C=O) groups is 2. The third-order valence-electron chi connectivity index (χ3n) is 2.02. The molecular formula is C12H13ClO3. The summed E-state index contributed by atoms with van der Waals surface area (Å²) in [5, 5.41) is -0.860. The lowest BCUT2D eigenvalue weighted by Gasteiger charge is -2.07. The molecule has 0 aliphatic heterocycles. The van der Waals surface area contributed by atoms with Gasteiger partial charge in [0.05, 0.1) is 6.61 Å². The van der Waals surface area contributed by atoms with Gasteiger partial charge in [-0.25, -0.2) is 4.79 Å². The van der Waals surface area contributed by atoms with Crippen LogP contribution in [0.25, 0.3) is 0 Å². The van der Waals surface area contributed by atoms with Crippen molar-refractivity contribution in [3.63, 3.8) is 0 Å². The van der Waals surface area contributed by atoms with Gasteiger partial charge in [-0.05, 0) is 18.9 Å². The fraction of sp³-hybridized carbons (Fsp3) is 0.333. The van der Waals surface area contributed by atoms with Gasteiger partial charge < -0.3 is 4.74 Å². The smallest absolute Gasteiger partial charge is 0.376 e. The lowest BCUT2D eigenvalue weighted by molar-refractivity contribution is -0.153. The number of ether oxygens (including phenoxy) is 1. The second-order valence-corrected chi connectivity index (χ2v) is 3.77. The van der Waals surface area contributed by atoms with Crippen molar-refractivity contribution in [1.29, 1.82) is 0 Å². The molecule has 0 amide bonds. The minimum absolute atomic E-state index is 0.180. The van der Waals surface area contributed by atoms with Crippen molar-refractivity contribution in [2.45, 2.75) is 18.7 Å². The number of halogens is 1. The van der Waals surface area contributed by atoms with E-state index in [4.69, 9.17) is 11.6 Å². The quantitative estimate of drug-likeness (QED) is 0.449. The molecule has 0 spiro atoms. The molecule has 0 aliphatic rings. The van der Waals surface area contributed by atoms with E-state index in [-0.39, 0.29) is 6.61 Å². The number of alkyl halides is 1. The first kappa shape index (κ1) is 12.7. The van der Waals surface area contributed by atoms with Crippen LogP contribution in [0, 0.1) is 0 Å². The summed E-state index contributed by atoms with van der Waals surface area (Å²) >= 11 is 5.85. The fourth-order valence-corrected chi connectivity index (χ4v) is 1.51. The SMILES string of the molecule is CCOC(=O)C(=O)C(Cl)Cc1ccccc1. The molecular weight excluding hydrogens is 228 g/mol. The van der Waals surface area contributed by atoms with Gasteiger partial charge in [0.25, 0.3) is 5.78 Å². The Morgan fingerprint density at radius 1 is 1.31 bits per heavy atom. The van der Waals surface area contributed by atoms with E-state index in [9.17, 15) is 9.59 Å². The zero-order chi connectivity index (χ0) is 12.0. The summed E-state index contributed by atoms with van der Waals surface area (Å²) < 4.78 is 4.59. The Hall–Kier alpha value is -1.35. The van der Waals surface area contributed by atoms with Crippen molar-refractivity contribution < 1.29 is 14.3 Å². The van der Waals surface area contributed by atoms with Crippen LogP contribution in [-0.2, 0) is 20.7 Å². The van der Waals surface area contributed by atoms with E-state index in [1.54, 1.807) is 6.92 Å². The Bertz CT molecular complexity index is 362. The monoisotopic (exact) mass is 240 g/mol. The largest absolute Gasteiger partial charge is 0.460 e. The van der Waals surface area contributed by atoms with E-state index < -0.39 is 17.1 Å². The molecule has 0 aliphatic carbocycles. The van der Waals surface area contributed by atoms with Crippen LogP contribution in [-0.4, -0.2) is 23.7 Å². The van der Waals surface area contributed by atoms with Crippen LogP contribution in [0.3, 0.4) is 0 Å². The summed E-state index contributed by atoms with van der Waals surface area (Å²) in [5.74, 6) is -1.55. The fourth-order valence-electron chi connectivity index (χ4n) is 1.24. The highest BCUT2D eigenvalue weighted by Crippen LogP contribution is 2.09. The molecule has 0 bridgehead atoms. The second-order valence-electron chi connectivity index (χ2n) is 3.24. The molecule has 86 valence electrons. The van der Waals surface area contributed by atoms with Gasteiger partial charge in [0.2, 0.25) is 0 Å². The van der Waals surface area contributed by atoms with Crippen LogP contribution in [0.15, 0.2) is 30.3 Å². The summed E-state index contributed by atoms with van der Waals surface area (Å²) in [6.45, 7) is 1.82. The second kappa shape index (κ2) is 6.28. The lowest BCUT2D eigenvalue weighted by atomic mass is 10.1. The van der Waals surface area contributed by atoms with Crippen molar-refractivity contribution in [2.24, 2.45) is 0 Å². The molecule has 1 unspecified atom stereocenters. The first-order chi connectivity index (χ1) is 7.65. The molecule has 0 saturated heterocycles. The van der Waals surface area contributed by atoms with Crippen molar-refractivity contribution in [2.75, 3.05) is 6.61 Å². The van der Waals surface area contributed by atoms with Crippen molar-refractivity contribution in [3.8, 4) is 0 Å². The highest BCUT2D eigenvalue weighted by molar-refractivity contribution is 6.47. The summed E-state index contributed by atoms with van der Waals surface area (Å²) in [4.78, 5) is 22.5. The van der Waals surface area contributed by atoms with E-state index in [0.29, 0.717) is 6.42 Å². The summed E-state index contributed by atoms with van der Waals surface area (Å²) in [7, 11) is 0. The van der Waals surface area contributed by atoms with Gasteiger partial charge >= 0.3 is 5.97 Å². The highest BCUT2D eigenvalue weighted by Gasteiger charge is 2.24. The van der Waals surface area contributed by atoms with E-state index in [2.05, 4.69) is 4.74 Å². The third-order valence-corrected chi connectivity index (χ3v) is 2.37. The molecule has 1 aromatic rings. The Morgan fingerprint density at radius 2 is 1.94 bits per heavy atom. The van der Waals surface area contributed by atoms with E-state index >= 15 is 0 Å². The minimum Gasteiger partial charge on any atom is -0.460 e. The maximum atomic E-state index is 11.4. The predicted octanol–water partition coefficient (Wildman–Crippen LogP) is 1.97. The molecule has 4 heteroatoms. The van der Waals surface area contributed by atoms with E-state index in [0.717, 1.165) is 5.56 Å². The maximum Gasteiger partial charge on any atom is 0.376 e. The average Bonchev–Trinajstić information content (AvgIpc) is 2.29. The average molecular weight is 241 g/mol. The van der Waals surface area contributed by atoms with Gasteiger partial charge in [-0.2, -0.15) is 0 Å². The molecule has 1 atom stereocenters. The topological polar surface area (TPSA) is 43.4 Å². The molecule has 0 radical (unpaired) electrons. The summed E-state index contributed by atoms with van der Waals surface area (Å²) in [6.07, 6.45) is 0.333. The first-order valence-electron chi connectivity index (χ1n) is 5.04. The molecule has 1 rings (SSSR count). The number of hydrogen-bond acceptors (Lipinski definition) is 3. The van der Waals surface area contributed by atoms with Crippen LogP contribution in [0.2, 0.25) is 0 Å². The molecule has 16 heavy (non-hydrogen) atoms. The normalized spacial score (nSPS) is 11.9. The van der Waals surface area contributed by atoms with Gasteiger partial charge in [-0.15, -0.1) is 11.6 Å². The number of hydrogen-bond donors (Lipinski definition) is 0. The number of Topliss-reactive ketones (excluding diaryl/α,β-unsaturated/α-hetero) is 1. The van der Waals surface area contributed by atoms with Crippen LogP contribution >= 0.6 is 11.6 Å². The third kappa shape index (κ3) is 3.66. The van der Waals surface area contributed by atoms with Gasteiger partial charge in [0.1, 0.15) is 5.38 Å². The number of esters is 1. The standard InChI is InChI=1S/C12H13ClO3/c1-2-16-12(15)11(14)10(13)8-9-6-4-3-5-7-9/h3-7,10H,2,8H2,1H3. The molecule has 3 nitrogen and oxygen atoms in total. The van der Waals surface area contributed by atoms with Gasteiger partial charge in [0, 0.05) is 0 Å². The molecule has 0 heterocycles. The molecule has 1 aromatic carbocycles. The molecule has 0 aromatic heterocycles. The van der Waals surface area contributed by atoms with Gasteiger partial charge in [-0.1, -0.05) is 30.3 Å². The van der Waals surface area contributed by atoms with Crippen molar-refractivity contribution in [1.82, 2.24) is 0 Å². The van der Waals surface area contributed by atoms with Gasteiger partial charge in [0.15, 0.2) is 0 Å². The highest BCUT2D eigenvalue weighted by atomic mass is 35.5. The van der Waals surface area contributed by atoms with Crippen molar-refractivity contribution in [3.05, 3.63) is 35.9 Å². The number of rotatable bonds is 5. The predicted molar refractivity (Wildman–Crippen MR) is 61.4 cm³/mol. The van der Waals surface area contributed by atoms with E-state index in [1.807, 2.05) is 30.3 Å². The number of benzene rings is 1.